The van der Waals surface area contributed by atoms with Gasteiger partial charge >= 0.3 is 0 Å². The largest absolute Gasteiger partial charge is 0.487 e. The van der Waals surface area contributed by atoms with Crippen LogP contribution in [0.1, 0.15) is 51.1 Å². The zero-order chi connectivity index (χ0) is 13.1. The van der Waals surface area contributed by atoms with Crippen LogP contribution in [0.25, 0.3) is 0 Å². The van der Waals surface area contributed by atoms with Gasteiger partial charge in [-0.1, -0.05) is 19.4 Å². The number of hydrogen-bond acceptors (Lipinski definition) is 2. The lowest BCUT2D eigenvalue weighted by atomic mass is 9.89. The first-order chi connectivity index (χ1) is 8.56. The third-order valence-corrected chi connectivity index (χ3v) is 3.66. The van der Waals surface area contributed by atoms with Crippen LogP contribution in [0.2, 0.25) is 0 Å². The summed E-state index contributed by atoms with van der Waals surface area (Å²) in [6.07, 6.45) is 4.63. The smallest absolute Gasteiger partial charge is 0.165 e. The van der Waals surface area contributed by atoms with Gasteiger partial charge in [-0.05, 0) is 49.8 Å². The summed E-state index contributed by atoms with van der Waals surface area (Å²) in [5, 5.41) is 0. The molecule has 2 rings (SSSR count). The Bertz CT molecular complexity index is 405. The van der Waals surface area contributed by atoms with Crippen LogP contribution < -0.4 is 10.5 Å². The molecule has 3 heteroatoms. The molecule has 1 aliphatic rings. The Morgan fingerprint density at radius 3 is 2.78 bits per heavy atom. The summed E-state index contributed by atoms with van der Waals surface area (Å²) >= 11 is 0. The molecule has 3 atom stereocenters. The van der Waals surface area contributed by atoms with Gasteiger partial charge in [-0.3, -0.25) is 0 Å². The summed E-state index contributed by atoms with van der Waals surface area (Å²) in [5.74, 6) is 0.733. The highest BCUT2D eigenvalue weighted by Crippen LogP contribution is 2.29. The minimum Gasteiger partial charge on any atom is -0.487 e. The number of halogens is 1. The topological polar surface area (TPSA) is 35.2 Å². The fourth-order valence-electron chi connectivity index (χ4n) is 2.56. The van der Waals surface area contributed by atoms with E-state index in [0.717, 1.165) is 18.4 Å². The van der Waals surface area contributed by atoms with Crippen molar-refractivity contribution in [2.75, 3.05) is 0 Å². The number of hydrogen-bond donors (Lipinski definition) is 1. The minimum atomic E-state index is -0.303. The molecule has 1 aromatic carbocycles. The van der Waals surface area contributed by atoms with Gasteiger partial charge in [0, 0.05) is 6.04 Å². The van der Waals surface area contributed by atoms with Gasteiger partial charge in [0.25, 0.3) is 0 Å². The molecule has 100 valence electrons. The van der Waals surface area contributed by atoms with E-state index in [9.17, 15) is 4.39 Å². The number of ether oxygens (including phenoxy) is 1. The molecule has 3 unspecified atom stereocenters. The van der Waals surface area contributed by atoms with E-state index in [4.69, 9.17) is 10.5 Å². The van der Waals surface area contributed by atoms with Crippen LogP contribution >= 0.6 is 0 Å². The molecular weight excluding hydrogens is 229 g/mol. The van der Waals surface area contributed by atoms with Crippen LogP contribution in [-0.4, -0.2) is 6.10 Å². The summed E-state index contributed by atoms with van der Waals surface area (Å²) in [7, 11) is 0. The molecule has 0 amide bonds. The van der Waals surface area contributed by atoms with E-state index in [1.165, 1.54) is 18.9 Å². The van der Waals surface area contributed by atoms with Gasteiger partial charge in [-0.25, -0.2) is 4.39 Å². The maximum absolute atomic E-state index is 13.9. The molecule has 18 heavy (non-hydrogen) atoms. The predicted octanol–water partition coefficient (Wildman–Crippen LogP) is 3.80. The normalized spacial score (nSPS) is 25.8. The Balaban J connectivity index is 2.05. The first-order valence-corrected chi connectivity index (χ1v) is 6.78. The summed E-state index contributed by atoms with van der Waals surface area (Å²) < 4.78 is 19.7. The summed E-state index contributed by atoms with van der Waals surface area (Å²) in [6, 6.07) is 4.87. The van der Waals surface area contributed by atoms with Crippen molar-refractivity contribution in [2.24, 2.45) is 11.7 Å². The lowest BCUT2D eigenvalue weighted by Crippen LogP contribution is -2.24. The van der Waals surface area contributed by atoms with Gasteiger partial charge in [-0.15, -0.1) is 0 Å². The third kappa shape index (κ3) is 3.22. The highest BCUT2D eigenvalue weighted by Gasteiger charge is 2.21. The molecule has 1 aliphatic carbocycles. The van der Waals surface area contributed by atoms with Gasteiger partial charge in [0.1, 0.15) is 0 Å². The average molecular weight is 251 g/mol. The van der Waals surface area contributed by atoms with Gasteiger partial charge in [-0.2, -0.15) is 0 Å². The van der Waals surface area contributed by atoms with Gasteiger partial charge < -0.3 is 10.5 Å². The molecule has 2 nitrogen and oxygen atoms in total. The van der Waals surface area contributed by atoms with Crippen molar-refractivity contribution in [3.05, 3.63) is 29.6 Å². The third-order valence-electron chi connectivity index (χ3n) is 3.66. The molecule has 1 fully saturated rings. The second-order valence-electron chi connectivity index (χ2n) is 5.49. The summed E-state index contributed by atoms with van der Waals surface area (Å²) in [6.45, 7) is 4.07. The first-order valence-electron chi connectivity index (χ1n) is 6.78. The molecule has 0 radical (unpaired) electrons. The lowest BCUT2D eigenvalue weighted by Gasteiger charge is -2.27. The maximum atomic E-state index is 13.9. The van der Waals surface area contributed by atoms with E-state index >= 15 is 0 Å². The van der Waals surface area contributed by atoms with E-state index in [0.29, 0.717) is 11.7 Å². The van der Waals surface area contributed by atoms with Crippen molar-refractivity contribution in [1.82, 2.24) is 0 Å². The SMILES string of the molecule is CC1CCCC(Oc2ccc(C(C)N)cc2F)C1. The molecule has 0 aliphatic heterocycles. The van der Waals surface area contributed by atoms with Crippen LogP contribution in [-0.2, 0) is 0 Å². The number of benzene rings is 1. The lowest BCUT2D eigenvalue weighted by molar-refractivity contribution is 0.124. The van der Waals surface area contributed by atoms with E-state index < -0.39 is 0 Å². The Morgan fingerprint density at radius 1 is 1.39 bits per heavy atom. The average Bonchev–Trinajstić information content (AvgIpc) is 2.31. The van der Waals surface area contributed by atoms with Crippen molar-refractivity contribution < 1.29 is 9.13 Å². The van der Waals surface area contributed by atoms with Crippen molar-refractivity contribution in [2.45, 2.75) is 51.7 Å². The van der Waals surface area contributed by atoms with Crippen molar-refractivity contribution in [1.29, 1.82) is 0 Å². The molecule has 1 saturated carbocycles. The second-order valence-corrected chi connectivity index (χ2v) is 5.49. The zero-order valence-electron chi connectivity index (χ0n) is 11.2. The number of nitrogens with two attached hydrogens (primary N) is 1. The van der Waals surface area contributed by atoms with Gasteiger partial charge in [0.05, 0.1) is 6.10 Å². The zero-order valence-corrected chi connectivity index (χ0v) is 11.2. The summed E-state index contributed by atoms with van der Waals surface area (Å²) in [5.41, 5.74) is 6.53. The van der Waals surface area contributed by atoms with Crippen molar-refractivity contribution in [3.63, 3.8) is 0 Å². The minimum absolute atomic E-state index is 0.150. The van der Waals surface area contributed by atoms with Crippen molar-refractivity contribution in [3.8, 4) is 5.75 Å². The number of rotatable bonds is 3. The highest BCUT2D eigenvalue weighted by molar-refractivity contribution is 5.30. The highest BCUT2D eigenvalue weighted by atomic mass is 19.1. The fourth-order valence-corrected chi connectivity index (χ4v) is 2.56. The molecule has 0 aromatic heterocycles. The fraction of sp³-hybridized carbons (Fsp3) is 0.600. The van der Waals surface area contributed by atoms with Crippen LogP contribution in [0.3, 0.4) is 0 Å². The molecule has 0 bridgehead atoms. The van der Waals surface area contributed by atoms with Crippen LogP contribution in [0, 0.1) is 11.7 Å². The van der Waals surface area contributed by atoms with E-state index in [2.05, 4.69) is 6.92 Å². The van der Waals surface area contributed by atoms with E-state index in [1.807, 2.05) is 13.0 Å². The summed E-state index contributed by atoms with van der Waals surface area (Å²) in [4.78, 5) is 0. The van der Waals surface area contributed by atoms with Crippen LogP contribution in [0.4, 0.5) is 4.39 Å². The predicted molar refractivity (Wildman–Crippen MR) is 71.1 cm³/mol. The standard InChI is InChI=1S/C15H22FNO/c1-10-4-3-5-13(8-10)18-15-7-6-12(11(2)17)9-14(15)16/h6-7,9-11,13H,3-5,8,17H2,1-2H3. The Hall–Kier alpha value is -1.09. The first kappa shape index (κ1) is 13.3. The molecule has 0 spiro atoms. The molecule has 0 saturated heterocycles. The van der Waals surface area contributed by atoms with Gasteiger partial charge in [0.2, 0.25) is 0 Å². The van der Waals surface area contributed by atoms with Crippen LogP contribution in [0.15, 0.2) is 18.2 Å². The quantitative estimate of drug-likeness (QED) is 0.886. The second kappa shape index (κ2) is 5.70. The Morgan fingerprint density at radius 2 is 2.17 bits per heavy atom. The Kier molecular flexibility index (Phi) is 4.23. The monoisotopic (exact) mass is 251 g/mol. The molecular formula is C15H22FNO. The molecule has 0 heterocycles. The molecule has 1 aromatic rings. The van der Waals surface area contributed by atoms with E-state index in [-0.39, 0.29) is 18.0 Å². The van der Waals surface area contributed by atoms with Gasteiger partial charge in [0.15, 0.2) is 11.6 Å². The Labute approximate surface area is 108 Å². The molecule has 2 N–H and O–H groups in total. The van der Waals surface area contributed by atoms with Crippen LogP contribution in [0.5, 0.6) is 5.75 Å². The van der Waals surface area contributed by atoms with E-state index in [1.54, 1.807) is 6.07 Å². The maximum Gasteiger partial charge on any atom is 0.165 e. The van der Waals surface area contributed by atoms with Crippen molar-refractivity contribution >= 4 is 0 Å².